The van der Waals surface area contributed by atoms with Crippen LogP contribution in [0.4, 0.5) is 23.0 Å². The molecule has 4 N–H and O–H groups in total. The molecule has 0 bridgehead atoms. The van der Waals surface area contributed by atoms with Crippen LogP contribution >= 0.6 is 23.2 Å². The summed E-state index contributed by atoms with van der Waals surface area (Å²) in [6.07, 6.45) is 1.44. The molecule has 0 fully saturated rings. The fraction of sp³-hybridized carbons (Fsp3) is 0.190. The van der Waals surface area contributed by atoms with Crippen LogP contribution in [-0.2, 0) is 0 Å². The number of rotatable bonds is 6. The Morgan fingerprint density at radius 1 is 1.14 bits per heavy atom. The van der Waals surface area contributed by atoms with Gasteiger partial charge in [-0.25, -0.2) is 9.97 Å². The molecule has 1 unspecified atom stereocenters. The summed E-state index contributed by atoms with van der Waals surface area (Å²) < 4.78 is 0. The van der Waals surface area contributed by atoms with E-state index in [-0.39, 0.29) is 0 Å². The van der Waals surface area contributed by atoms with Gasteiger partial charge >= 0.3 is 0 Å². The molecule has 0 saturated heterocycles. The first-order valence-electron chi connectivity index (χ1n) is 9.01. The van der Waals surface area contributed by atoms with Gasteiger partial charge in [-0.15, -0.1) is 0 Å². The van der Waals surface area contributed by atoms with Gasteiger partial charge in [0.1, 0.15) is 12.0 Å². The third-order valence-corrected chi connectivity index (χ3v) is 5.05. The average Bonchev–Trinajstić information content (AvgIpc) is 2.70. The predicted octanol–water partition coefficient (Wildman–Crippen LogP) is 5.50. The number of nitriles is 1. The third-order valence-electron chi connectivity index (χ3n) is 4.47. The summed E-state index contributed by atoms with van der Waals surface area (Å²) in [4.78, 5) is 8.36. The minimum atomic E-state index is -0.503. The van der Waals surface area contributed by atoms with E-state index in [1.165, 1.54) is 6.33 Å². The lowest BCUT2D eigenvalue weighted by Gasteiger charge is -2.17. The van der Waals surface area contributed by atoms with Crippen LogP contribution in [0, 0.1) is 18.3 Å². The fourth-order valence-electron chi connectivity index (χ4n) is 2.97. The standard InChI is InChI=1S/C21H20Cl2N6/c1-3-26-20-19(25)21(28-11-27-20)29-18-9-17(23)15(8-12(18)2)16(10-24)13-4-6-14(22)7-5-13/h4-9,11,16H,3,25H2,1-2H3,(H2,26,27,28,29). The predicted molar refractivity (Wildman–Crippen MR) is 119 cm³/mol. The quantitative estimate of drug-likeness (QED) is 0.480. The highest BCUT2D eigenvalue weighted by Crippen LogP contribution is 2.36. The van der Waals surface area contributed by atoms with Crippen molar-refractivity contribution in [1.82, 2.24) is 9.97 Å². The van der Waals surface area contributed by atoms with E-state index in [2.05, 4.69) is 26.7 Å². The summed E-state index contributed by atoms with van der Waals surface area (Å²) in [6, 6.07) is 13.2. The fourth-order valence-corrected chi connectivity index (χ4v) is 3.37. The molecular weight excluding hydrogens is 407 g/mol. The van der Waals surface area contributed by atoms with Gasteiger partial charge in [0.15, 0.2) is 11.6 Å². The number of aryl methyl sites for hydroxylation is 1. The van der Waals surface area contributed by atoms with Crippen LogP contribution in [0.25, 0.3) is 0 Å². The molecule has 29 heavy (non-hydrogen) atoms. The lowest BCUT2D eigenvalue weighted by atomic mass is 9.91. The Morgan fingerprint density at radius 3 is 2.48 bits per heavy atom. The van der Waals surface area contributed by atoms with Gasteiger partial charge in [0.2, 0.25) is 0 Å². The van der Waals surface area contributed by atoms with E-state index in [1.807, 2.05) is 32.0 Å². The highest BCUT2D eigenvalue weighted by Gasteiger charge is 2.19. The zero-order valence-electron chi connectivity index (χ0n) is 16.0. The second-order valence-corrected chi connectivity index (χ2v) is 7.29. The van der Waals surface area contributed by atoms with Gasteiger partial charge in [-0.3, -0.25) is 0 Å². The summed E-state index contributed by atoms with van der Waals surface area (Å²) in [6.45, 7) is 4.59. The summed E-state index contributed by atoms with van der Waals surface area (Å²) in [5.74, 6) is 0.548. The first-order chi connectivity index (χ1) is 13.9. The minimum Gasteiger partial charge on any atom is -0.393 e. The van der Waals surface area contributed by atoms with Gasteiger partial charge in [-0.1, -0.05) is 41.4 Å². The minimum absolute atomic E-state index is 0.421. The topological polar surface area (TPSA) is 99.6 Å². The molecule has 1 heterocycles. The van der Waals surface area contributed by atoms with E-state index >= 15 is 0 Å². The highest BCUT2D eigenvalue weighted by atomic mass is 35.5. The van der Waals surface area contributed by atoms with Gasteiger partial charge < -0.3 is 16.4 Å². The smallest absolute Gasteiger partial charge is 0.159 e. The molecule has 0 spiro atoms. The van der Waals surface area contributed by atoms with Crippen LogP contribution in [0.1, 0.15) is 29.5 Å². The van der Waals surface area contributed by atoms with E-state index in [1.54, 1.807) is 18.2 Å². The molecule has 148 valence electrons. The Kier molecular flexibility index (Phi) is 6.42. The Morgan fingerprint density at radius 2 is 1.83 bits per heavy atom. The average molecular weight is 427 g/mol. The van der Waals surface area contributed by atoms with Crippen LogP contribution in [0.2, 0.25) is 10.0 Å². The van der Waals surface area contributed by atoms with Crippen molar-refractivity contribution in [3.05, 3.63) is 69.5 Å². The largest absolute Gasteiger partial charge is 0.393 e. The van der Waals surface area contributed by atoms with E-state index in [0.29, 0.717) is 33.9 Å². The van der Waals surface area contributed by atoms with Crippen LogP contribution in [0.5, 0.6) is 0 Å². The number of benzene rings is 2. The summed E-state index contributed by atoms with van der Waals surface area (Å²) in [5.41, 5.74) is 9.78. The zero-order valence-corrected chi connectivity index (χ0v) is 17.5. The Bertz CT molecular complexity index is 1060. The Hall–Kier alpha value is -3.01. The molecule has 0 aliphatic carbocycles. The first-order valence-corrected chi connectivity index (χ1v) is 9.76. The van der Waals surface area contributed by atoms with E-state index < -0.39 is 5.92 Å². The maximum atomic E-state index is 9.74. The lowest BCUT2D eigenvalue weighted by molar-refractivity contribution is 1.03. The van der Waals surface area contributed by atoms with Crippen LogP contribution in [0.15, 0.2) is 42.7 Å². The van der Waals surface area contributed by atoms with Crippen molar-refractivity contribution < 1.29 is 0 Å². The molecular formula is C21H20Cl2N6. The van der Waals surface area contributed by atoms with Gasteiger partial charge in [-0.05, 0) is 48.7 Å². The molecule has 0 aliphatic heterocycles. The second kappa shape index (κ2) is 8.99. The molecule has 8 heteroatoms. The van der Waals surface area contributed by atoms with Gasteiger partial charge in [-0.2, -0.15) is 5.26 Å². The van der Waals surface area contributed by atoms with E-state index in [0.717, 1.165) is 22.4 Å². The van der Waals surface area contributed by atoms with E-state index in [4.69, 9.17) is 28.9 Å². The van der Waals surface area contributed by atoms with Crippen molar-refractivity contribution in [3.8, 4) is 6.07 Å². The molecule has 0 saturated carbocycles. The Labute approximate surface area is 179 Å². The number of nitrogens with one attached hydrogen (secondary N) is 2. The number of nitrogen functional groups attached to an aromatic ring is 1. The van der Waals surface area contributed by atoms with Crippen LogP contribution in [0.3, 0.4) is 0 Å². The molecule has 3 rings (SSSR count). The number of anilines is 4. The van der Waals surface area contributed by atoms with Crippen LogP contribution < -0.4 is 16.4 Å². The number of hydrogen-bond acceptors (Lipinski definition) is 6. The van der Waals surface area contributed by atoms with Gasteiger partial charge in [0.25, 0.3) is 0 Å². The number of aromatic nitrogens is 2. The monoisotopic (exact) mass is 426 g/mol. The van der Waals surface area contributed by atoms with Crippen molar-refractivity contribution in [3.63, 3.8) is 0 Å². The first kappa shape index (κ1) is 20.7. The van der Waals surface area contributed by atoms with Crippen LogP contribution in [-0.4, -0.2) is 16.5 Å². The van der Waals surface area contributed by atoms with Gasteiger partial charge in [0.05, 0.1) is 12.0 Å². The maximum absolute atomic E-state index is 9.74. The maximum Gasteiger partial charge on any atom is 0.159 e. The molecule has 2 aromatic carbocycles. The molecule has 3 aromatic rings. The van der Waals surface area contributed by atoms with Crippen molar-refractivity contribution in [1.29, 1.82) is 5.26 Å². The zero-order chi connectivity index (χ0) is 21.0. The number of halogens is 2. The number of nitrogens with zero attached hydrogens (tertiary/aromatic N) is 3. The molecule has 0 aliphatic rings. The molecule has 1 aromatic heterocycles. The Balaban J connectivity index is 1.95. The SMILES string of the molecule is CCNc1ncnc(Nc2cc(Cl)c(C(C#N)c3ccc(Cl)cc3)cc2C)c1N. The van der Waals surface area contributed by atoms with E-state index in [9.17, 15) is 5.26 Å². The van der Waals surface area contributed by atoms with Crippen molar-refractivity contribution >= 4 is 46.2 Å². The second-order valence-electron chi connectivity index (χ2n) is 6.44. The highest BCUT2D eigenvalue weighted by molar-refractivity contribution is 6.32. The molecule has 6 nitrogen and oxygen atoms in total. The van der Waals surface area contributed by atoms with Gasteiger partial charge in [0, 0.05) is 22.3 Å². The summed E-state index contributed by atoms with van der Waals surface area (Å²) >= 11 is 12.5. The molecule has 1 atom stereocenters. The number of hydrogen-bond donors (Lipinski definition) is 3. The summed E-state index contributed by atoms with van der Waals surface area (Å²) in [7, 11) is 0. The van der Waals surface area contributed by atoms with Crippen molar-refractivity contribution in [2.45, 2.75) is 19.8 Å². The van der Waals surface area contributed by atoms with Crippen molar-refractivity contribution in [2.75, 3.05) is 22.9 Å². The lowest BCUT2D eigenvalue weighted by Crippen LogP contribution is -2.08. The normalized spacial score (nSPS) is 11.6. The number of nitrogens with two attached hydrogens (primary N) is 1. The van der Waals surface area contributed by atoms with Crippen molar-refractivity contribution in [2.24, 2.45) is 0 Å². The third kappa shape index (κ3) is 4.53. The molecule has 0 amide bonds. The molecule has 0 radical (unpaired) electrons. The summed E-state index contributed by atoms with van der Waals surface area (Å²) in [5, 5.41) is 17.1.